The van der Waals surface area contributed by atoms with Crippen LogP contribution >= 0.6 is 0 Å². The summed E-state index contributed by atoms with van der Waals surface area (Å²) in [6.45, 7) is 0. The van der Waals surface area contributed by atoms with Crippen LogP contribution in [-0.4, -0.2) is 4.98 Å². The van der Waals surface area contributed by atoms with Gasteiger partial charge in [-0.05, 0) is 35.4 Å². The molecule has 3 rings (SSSR count). The highest BCUT2D eigenvalue weighted by molar-refractivity contribution is 5.79. The van der Waals surface area contributed by atoms with Crippen LogP contribution in [0.5, 0.6) is 0 Å². The molecule has 0 saturated heterocycles. The number of hydrogen-bond donors (Lipinski definition) is 1. The van der Waals surface area contributed by atoms with Gasteiger partial charge in [0.05, 0.1) is 11.1 Å². The van der Waals surface area contributed by atoms with Crippen LogP contribution in [0.1, 0.15) is 5.56 Å². The zero-order valence-corrected chi connectivity index (χ0v) is 9.99. The number of aromatic amines is 1. The third-order valence-electron chi connectivity index (χ3n) is 2.97. The zero-order valence-electron chi connectivity index (χ0n) is 9.99. The summed E-state index contributed by atoms with van der Waals surface area (Å²) >= 11 is 0. The van der Waals surface area contributed by atoms with Gasteiger partial charge in [0.1, 0.15) is 0 Å². The molecule has 0 radical (unpaired) electrons. The van der Waals surface area contributed by atoms with E-state index in [1.165, 1.54) is 12.1 Å². The first-order chi connectivity index (χ1) is 9.43. The van der Waals surface area contributed by atoms with Crippen molar-refractivity contribution in [3.8, 4) is 11.1 Å². The summed E-state index contributed by atoms with van der Waals surface area (Å²) in [4.78, 5) is 13.5. The maximum atomic E-state index is 12.5. The number of halogens is 3. The van der Waals surface area contributed by atoms with Gasteiger partial charge in [-0.3, -0.25) is 4.98 Å². The summed E-state index contributed by atoms with van der Waals surface area (Å²) in [6, 6.07) is 9.77. The van der Waals surface area contributed by atoms with Crippen LogP contribution in [0.3, 0.4) is 0 Å². The van der Waals surface area contributed by atoms with E-state index in [9.17, 15) is 18.0 Å². The van der Waals surface area contributed by atoms with Crippen LogP contribution < -0.4 is 5.76 Å². The molecule has 3 nitrogen and oxygen atoms in total. The third kappa shape index (κ3) is 2.20. The van der Waals surface area contributed by atoms with Gasteiger partial charge in [-0.1, -0.05) is 18.2 Å². The van der Waals surface area contributed by atoms with Crippen LogP contribution in [0.4, 0.5) is 13.2 Å². The van der Waals surface area contributed by atoms with Crippen LogP contribution in [0, 0.1) is 0 Å². The van der Waals surface area contributed by atoms with E-state index in [0.717, 1.165) is 12.1 Å². The Balaban J connectivity index is 2.04. The first kappa shape index (κ1) is 12.5. The molecule has 3 aromatic rings. The first-order valence-electron chi connectivity index (χ1n) is 5.74. The molecule has 1 heterocycles. The van der Waals surface area contributed by atoms with Crippen LogP contribution in [0.15, 0.2) is 51.7 Å². The van der Waals surface area contributed by atoms with E-state index in [1.807, 2.05) is 0 Å². The van der Waals surface area contributed by atoms with Gasteiger partial charge in [-0.15, -0.1) is 0 Å². The fourth-order valence-corrected chi connectivity index (χ4v) is 1.98. The fraction of sp³-hybridized carbons (Fsp3) is 0.0714. The lowest BCUT2D eigenvalue weighted by Gasteiger charge is -2.07. The number of aromatic nitrogens is 1. The van der Waals surface area contributed by atoms with Crippen molar-refractivity contribution >= 4 is 11.1 Å². The van der Waals surface area contributed by atoms with Gasteiger partial charge in [0, 0.05) is 0 Å². The summed E-state index contributed by atoms with van der Waals surface area (Å²) in [7, 11) is 0. The minimum absolute atomic E-state index is 0.368. The standard InChI is InChI=1S/C14H8F3NO2/c15-14(16,17)10-4-1-8(2-5-10)9-3-6-11-12(7-9)20-13(19)18-11/h1-7H,(H,18,19). The Morgan fingerprint density at radius 3 is 2.25 bits per heavy atom. The molecule has 0 aliphatic carbocycles. The topological polar surface area (TPSA) is 46.0 Å². The van der Waals surface area contributed by atoms with Crippen molar-refractivity contribution in [3.05, 3.63) is 58.6 Å². The number of nitrogens with one attached hydrogen (secondary N) is 1. The second-order valence-corrected chi connectivity index (χ2v) is 4.30. The van der Waals surface area contributed by atoms with Crippen molar-refractivity contribution in [3.63, 3.8) is 0 Å². The molecule has 0 aliphatic rings. The van der Waals surface area contributed by atoms with Crippen molar-refractivity contribution in [2.75, 3.05) is 0 Å². The summed E-state index contributed by atoms with van der Waals surface area (Å²) in [6.07, 6.45) is -4.35. The largest absolute Gasteiger partial charge is 0.417 e. The summed E-state index contributed by atoms with van der Waals surface area (Å²) in [5, 5.41) is 0. The molecule has 0 fully saturated rings. The van der Waals surface area contributed by atoms with Crippen LogP contribution in [0.2, 0.25) is 0 Å². The highest BCUT2D eigenvalue weighted by Crippen LogP contribution is 2.31. The molecular formula is C14H8F3NO2. The predicted octanol–water partition coefficient (Wildman–Crippen LogP) is 3.81. The summed E-state index contributed by atoms with van der Waals surface area (Å²) < 4.78 is 42.4. The average Bonchev–Trinajstić information content (AvgIpc) is 2.77. The molecule has 0 atom stereocenters. The van der Waals surface area contributed by atoms with E-state index in [2.05, 4.69) is 4.98 Å². The molecule has 0 bridgehead atoms. The van der Waals surface area contributed by atoms with Gasteiger partial charge in [0.15, 0.2) is 5.58 Å². The monoisotopic (exact) mass is 279 g/mol. The molecule has 102 valence electrons. The van der Waals surface area contributed by atoms with E-state index in [-0.39, 0.29) is 0 Å². The molecule has 0 unspecified atom stereocenters. The van der Waals surface area contributed by atoms with Gasteiger partial charge < -0.3 is 4.42 Å². The number of H-pyrrole nitrogens is 1. The Labute approximate surface area is 110 Å². The zero-order chi connectivity index (χ0) is 14.3. The molecule has 1 aromatic heterocycles. The number of benzene rings is 2. The Morgan fingerprint density at radius 1 is 0.950 bits per heavy atom. The first-order valence-corrected chi connectivity index (χ1v) is 5.74. The maximum absolute atomic E-state index is 12.5. The minimum atomic E-state index is -4.35. The number of hydrogen-bond acceptors (Lipinski definition) is 2. The Kier molecular flexibility index (Phi) is 2.67. The van der Waals surface area contributed by atoms with Gasteiger partial charge >= 0.3 is 11.9 Å². The SMILES string of the molecule is O=c1[nH]c2ccc(-c3ccc(C(F)(F)F)cc3)cc2o1. The van der Waals surface area contributed by atoms with Crippen LogP contribution in [-0.2, 0) is 6.18 Å². The Bertz CT molecular complexity index is 813. The molecular weight excluding hydrogens is 271 g/mol. The second kappa shape index (κ2) is 4.26. The molecule has 0 spiro atoms. The van der Waals surface area contributed by atoms with Gasteiger partial charge in [0.25, 0.3) is 0 Å². The lowest BCUT2D eigenvalue weighted by Crippen LogP contribution is -2.03. The van der Waals surface area contributed by atoms with Crippen molar-refractivity contribution in [2.24, 2.45) is 0 Å². The highest BCUT2D eigenvalue weighted by Gasteiger charge is 2.29. The lowest BCUT2D eigenvalue weighted by atomic mass is 10.0. The average molecular weight is 279 g/mol. The normalized spacial score (nSPS) is 11.9. The smallest absolute Gasteiger partial charge is 0.408 e. The van der Waals surface area contributed by atoms with Crippen molar-refractivity contribution in [1.29, 1.82) is 0 Å². The lowest BCUT2D eigenvalue weighted by molar-refractivity contribution is -0.137. The Hall–Kier alpha value is -2.50. The molecule has 20 heavy (non-hydrogen) atoms. The second-order valence-electron chi connectivity index (χ2n) is 4.30. The quantitative estimate of drug-likeness (QED) is 0.736. The highest BCUT2D eigenvalue weighted by atomic mass is 19.4. The number of oxazole rings is 1. The molecule has 6 heteroatoms. The van der Waals surface area contributed by atoms with Crippen molar-refractivity contribution < 1.29 is 17.6 Å². The molecule has 2 aromatic carbocycles. The Morgan fingerprint density at radius 2 is 1.60 bits per heavy atom. The van der Waals surface area contributed by atoms with Gasteiger partial charge in [0.2, 0.25) is 0 Å². The van der Waals surface area contributed by atoms with E-state index in [0.29, 0.717) is 22.2 Å². The van der Waals surface area contributed by atoms with E-state index in [1.54, 1.807) is 18.2 Å². The molecule has 0 saturated carbocycles. The predicted molar refractivity (Wildman–Crippen MR) is 67.3 cm³/mol. The number of fused-ring (bicyclic) bond motifs is 1. The van der Waals surface area contributed by atoms with Gasteiger partial charge in [-0.2, -0.15) is 13.2 Å². The fourth-order valence-electron chi connectivity index (χ4n) is 1.98. The molecule has 1 N–H and O–H groups in total. The minimum Gasteiger partial charge on any atom is -0.408 e. The van der Waals surface area contributed by atoms with Crippen molar-refractivity contribution in [2.45, 2.75) is 6.18 Å². The maximum Gasteiger partial charge on any atom is 0.417 e. The van der Waals surface area contributed by atoms with E-state index < -0.39 is 17.5 Å². The summed E-state index contributed by atoms with van der Waals surface area (Å²) in [5.74, 6) is -0.565. The third-order valence-corrected chi connectivity index (χ3v) is 2.97. The van der Waals surface area contributed by atoms with Crippen molar-refractivity contribution in [1.82, 2.24) is 4.98 Å². The van der Waals surface area contributed by atoms with E-state index in [4.69, 9.17) is 4.42 Å². The molecule has 0 aliphatic heterocycles. The number of rotatable bonds is 1. The number of alkyl halides is 3. The van der Waals surface area contributed by atoms with Crippen LogP contribution in [0.25, 0.3) is 22.2 Å². The van der Waals surface area contributed by atoms with E-state index >= 15 is 0 Å². The summed E-state index contributed by atoms with van der Waals surface area (Å²) in [5.41, 5.74) is 1.51. The molecule has 0 amide bonds. The van der Waals surface area contributed by atoms with Gasteiger partial charge in [-0.25, -0.2) is 4.79 Å².